The predicted molar refractivity (Wildman–Crippen MR) is 81.5 cm³/mol. The van der Waals surface area contributed by atoms with E-state index in [1.807, 2.05) is 0 Å². The number of carbonyl (C=O) groups excluding carboxylic acids is 1. The van der Waals surface area contributed by atoms with Crippen molar-refractivity contribution in [2.75, 3.05) is 6.61 Å². The molecule has 0 saturated carbocycles. The molecule has 0 aromatic heterocycles. The lowest BCUT2D eigenvalue weighted by Crippen LogP contribution is -2.11. The molecule has 0 fully saturated rings. The van der Waals surface area contributed by atoms with E-state index in [-0.39, 0.29) is 35.0 Å². The van der Waals surface area contributed by atoms with Crippen molar-refractivity contribution in [1.29, 1.82) is 0 Å². The van der Waals surface area contributed by atoms with Crippen LogP contribution in [-0.4, -0.2) is 12.4 Å². The maximum atomic E-state index is 14.1. The molecule has 5 heteroatoms. The van der Waals surface area contributed by atoms with Crippen LogP contribution < -0.4 is 4.74 Å². The topological polar surface area (TPSA) is 26.3 Å². The van der Waals surface area contributed by atoms with Gasteiger partial charge in [-0.2, -0.15) is 0 Å². The first-order chi connectivity index (χ1) is 10.6. The van der Waals surface area contributed by atoms with E-state index in [1.165, 1.54) is 17.8 Å². The maximum absolute atomic E-state index is 14.1. The van der Waals surface area contributed by atoms with Crippen LogP contribution in [0.4, 0.5) is 8.78 Å². The Morgan fingerprint density at radius 3 is 2.86 bits per heavy atom. The molecule has 2 aromatic carbocycles. The summed E-state index contributed by atoms with van der Waals surface area (Å²) in [5.41, 5.74) is 0.615. The molecule has 0 unspecified atom stereocenters. The normalized spacial score (nSPS) is 13.1. The first-order valence-corrected chi connectivity index (χ1v) is 7.63. The maximum Gasteiger partial charge on any atom is 0.198 e. The molecule has 1 aliphatic rings. The average Bonchev–Trinajstić information content (AvgIpc) is 2.68. The number of rotatable bonds is 3. The van der Waals surface area contributed by atoms with Gasteiger partial charge in [0, 0.05) is 27.8 Å². The van der Waals surface area contributed by atoms with Crippen LogP contribution in [0.3, 0.4) is 0 Å². The van der Waals surface area contributed by atoms with Gasteiger partial charge in [0.05, 0.1) is 5.56 Å². The van der Waals surface area contributed by atoms with Crippen LogP contribution in [0.25, 0.3) is 0 Å². The van der Waals surface area contributed by atoms with Gasteiger partial charge in [-0.1, -0.05) is 24.8 Å². The second-order valence-electron chi connectivity index (χ2n) is 4.74. The standard InChI is InChI=1S/C17H12F2O2S/c1-2-7-21-13-8-12(18)16(19)11-9-22-14-6-4-3-5-10(14)17(20)15(11)13/h2-6,8H,1,7,9H2. The first-order valence-electron chi connectivity index (χ1n) is 6.64. The summed E-state index contributed by atoms with van der Waals surface area (Å²) < 4.78 is 33.3. The Hall–Kier alpha value is -2.14. The predicted octanol–water partition coefficient (Wildman–Crippen LogP) is 4.37. The van der Waals surface area contributed by atoms with Gasteiger partial charge in [0.2, 0.25) is 0 Å². The van der Waals surface area contributed by atoms with E-state index in [9.17, 15) is 13.6 Å². The van der Waals surface area contributed by atoms with Gasteiger partial charge >= 0.3 is 0 Å². The van der Waals surface area contributed by atoms with Crippen molar-refractivity contribution in [1.82, 2.24) is 0 Å². The number of benzene rings is 2. The number of halogens is 2. The summed E-state index contributed by atoms with van der Waals surface area (Å²) in [6.07, 6.45) is 1.48. The highest BCUT2D eigenvalue weighted by molar-refractivity contribution is 7.98. The van der Waals surface area contributed by atoms with Crippen molar-refractivity contribution in [3.8, 4) is 5.75 Å². The molecule has 0 radical (unpaired) electrons. The van der Waals surface area contributed by atoms with E-state index >= 15 is 0 Å². The Labute approximate surface area is 130 Å². The number of carbonyl (C=O) groups is 1. The van der Waals surface area contributed by atoms with Crippen LogP contribution in [-0.2, 0) is 5.75 Å². The van der Waals surface area contributed by atoms with Crippen LogP contribution >= 0.6 is 11.8 Å². The Balaban J connectivity index is 2.22. The zero-order valence-corrected chi connectivity index (χ0v) is 12.4. The molecule has 0 saturated heterocycles. The van der Waals surface area contributed by atoms with Crippen LogP contribution in [0.5, 0.6) is 5.75 Å². The largest absolute Gasteiger partial charge is 0.489 e. The first kappa shape index (κ1) is 14.8. The lowest BCUT2D eigenvalue weighted by Gasteiger charge is -2.13. The summed E-state index contributed by atoms with van der Waals surface area (Å²) in [6, 6.07) is 7.95. The van der Waals surface area contributed by atoms with Gasteiger partial charge < -0.3 is 4.74 Å². The Morgan fingerprint density at radius 1 is 1.32 bits per heavy atom. The number of thioether (sulfide) groups is 1. The molecule has 0 amide bonds. The SMILES string of the molecule is C=CCOc1cc(F)c(F)c2c1C(=O)c1ccccc1SC2. The van der Waals surface area contributed by atoms with Gasteiger partial charge in [-0.05, 0) is 12.1 Å². The fraction of sp³-hybridized carbons (Fsp3) is 0.118. The summed E-state index contributed by atoms with van der Waals surface area (Å²) >= 11 is 1.31. The van der Waals surface area contributed by atoms with E-state index in [2.05, 4.69) is 6.58 Å². The summed E-state index contributed by atoms with van der Waals surface area (Å²) in [5.74, 6) is -2.14. The molecule has 0 bridgehead atoms. The van der Waals surface area contributed by atoms with E-state index in [0.717, 1.165) is 11.0 Å². The molecule has 1 aliphatic heterocycles. The molecule has 0 N–H and O–H groups in total. The van der Waals surface area contributed by atoms with Crippen LogP contribution in [0.1, 0.15) is 21.5 Å². The number of fused-ring (bicyclic) bond motifs is 2. The van der Waals surface area contributed by atoms with Gasteiger partial charge in [-0.15, -0.1) is 11.8 Å². The Morgan fingerprint density at radius 2 is 2.09 bits per heavy atom. The third-order valence-electron chi connectivity index (χ3n) is 3.37. The highest BCUT2D eigenvalue weighted by Crippen LogP contribution is 2.39. The van der Waals surface area contributed by atoms with Crippen molar-refractivity contribution in [2.24, 2.45) is 0 Å². The number of hydrogen-bond donors (Lipinski definition) is 0. The molecule has 0 atom stereocenters. The van der Waals surface area contributed by atoms with Gasteiger partial charge in [-0.3, -0.25) is 4.79 Å². The van der Waals surface area contributed by atoms with Gasteiger partial charge in [0.1, 0.15) is 12.4 Å². The zero-order chi connectivity index (χ0) is 15.7. The van der Waals surface area contributed by atoms with E-state index in [0.29, 0.717) is 5.56 Å². The number of ether oxygens (including phenoxy) is 1. The quantitative estimate of drug-likeness (QED) is 0.786. The smallest absolute Gasteiger partial charge is 0.198 e. The monoisotopic (exact) mass is 318 g/mol. The number of hydrogen-bond acceptors (Lipinski definition) is 3. The van der Waals surface area contributed by atoms with E-state index in [1.54, 1.807) is 24.3 Å². The third kappa shape index (κ3) is 2.41. The van der Waals surface area contributed by atoms with E-state index in [4.69, 9.17) is 4.74 Å². The molecule has 2 aromatic rings. The van der Waals surface area contributed by atoms with Gasteiger partial charge in [0.25, 0.3) is 0 Å². The lowest BCUT2D eigenvalue weighted by molar-refractivity contribution is 0.103. The lowest BCUT2D eigenvalue weighted by atomic mass is 9.97. The summed E-state index contributed by atoms with van der Waals surface area (Å²) in [7, 11) is 0. The van der Waals surface area contributed by atoms with E-state index < -0.39 is 11.6 Å². The fourth-order valence-corrected chi connectivity index (χ4v) is 3.43. The van der Waals surface area contributed by atoms with Crippen molar-refractivity contribution in [3.05, 3.63) is 71.3 Å². The molecule has 3 rings (SSSR count). The highest BCUT2D eigenvalue weighted by atomic mass is 32.2. The molecule has 22 heavy (non-hydrogen) atoms. The van der Waals surface area contributed by atoms with Crippen LogP contribution in [0.2, 0.25) is 0 Å². The second-order valence-corrected chi connectivity index (χ2v) is 5.75. The molecule has 0 aliphatic carbocycles. The molecular weight excluding hydrogens is 306 g/mol. The third-order valence-corrected chi connectivity index (χ3v) is 4.47. The minimum Gasteiger partial charge on any atom is -0.489 e. The molecule has 0 spiro atoms. The fourth-order valence-electron chi connectivity index (χ4n) is 2.36. The molecule has 112 valence electrons. The van der Waals surface area contributed by atoms with Crippen molar-refractivity contribution in [2.45, 2.75) is 10.6 Å². The summed E-state index contributed by atoms with van der Waals surface area (Å²) in [5, 5.41) is 0. The van der Waals surface area contributed by atoms with Gasteiger partial charge in [-0.25, -0.2) is 8.78 Å². The summed E-state index contributed by atoms with van der Waals surface area (Å²) in [6.45, 7) is 3.63. The molecule has 1 heterocycles. The molecular formula is C17H12F2O2S. The van der Waals surface area contributed by atoms with Crippen molar-refractivity contribution < 1.29 is 18.3 Å². The Bertz CT molecular complexity index is 771. The average molecular weight is 318 g/mol. The highest BCUT2D eigenvalue weighted by Gasteiger charge is 2.29. The van der Waals surface area contributed by atoms with Gasteiger partial charge in [0.15, 0.2) is 17.4 Å². The van der Waals surface area contributed by atoms with Crippen molar-refractivity contribution >= 4 is 17.5 Å². The Kier molecular flexibility index (Phi) is 3.98. The second kappa shape index (κ2) is 5.93. The minimum absolute atomic E-state index is 0.0465. The number of ketones is 1. The van der Waals surface area contributed by atoms with Crippen LogP contribution in [0, 0.1) is 11.6 Å². The van der Waals surface area contributed by atoms with Crippen LogP contribution in [0.15, 0.2) is 47.9 Å². The molecule has 2 nitrogen and oxygen atoms in total. The van der Waals surface area contributed by atoms with Crippen molar-refractivity contribution in [3.63, 3.8) is 0 Å². The minimum atomic E-state index is -1.02. The summed E-state index contributed by atoms with van der Waals surface area (Å²) in [4.78, 5) is 13.5. The zero-order valence-electron chi connectivity index (χ0n) is 11.6.